The van der Waals surface area contributed by atoms with Gasteiger partial charge in [-0.1, -0.05) is 12.1 Å². The highest BCUT2D eigenvalue weighted by Gasteiger charge is 2.57. The third-order valence-electron chi connectivity index (χ3n) is 3.06. The van der Waals surface area contributed by atoms with Crippen LogP contribution in [0.3, 0.4) is 0 Å². The van der Waals surface area contributed by atoms with Gasteiger partial charge in [0.1, 0.15) is 12.0 Å². The number of carbonyl (C=O) groups is 1. The molecule has 92 valence electrons. The van der Waals surface area contributed by atoms with Crippen LogP contribution in [0.15, 0.2) is 24.3 Å². The van der Waals surface area contributed by atoms with Gasteiger partial charge in [-0.15, -0.1) is 0 Å². The maximum atomic E-state index is 13.6. The van der Waals surface area contributed by atoms with Crippen molar-refractivity contribution >= 4 is 5.91 Å². The van der Waals surface area contributed by atoms with Crippen LogP contribution in [0.25, 0.3) is 0 Å². The van der Waals surface area contributed by atoms with Gasteiger partial charge in [0.05, 0.1) is 13.0 Å². The summed E-state index contributed by atoms with van der Waals surface area (Å²) in [4.78, 5) is 16.4. The lowest BCUT2D eigenvalue weighted by molar-refractivity contribution is -0.170. The van der Waals surface area contributed by atoms with Crippen molar-refractivity contribution in [1.29, 1.82) is 0 Å². The van der Waals surface area contributed by atoms with Gasteiger partial charge in [0.15, 0.2) is 0 Å². The lowest BCUT2D eigenvalue weighted by Gasteiger charge is -2.12. The molecule has 1 aromatic carbocycles. The first-order valence-corrected chi connectivity index (χ1v) is 5.27. The predicted molar refractivity (Wildman–Crippen MR) is 57.3 cm³/mol. The summed E-state index contributed by atoms with van der Waals surface area (Å²) in [6.45, 7) is 0. The van der Waals surface area contributed by atoms with E-state index in [0.29, 0.717) is 5.56 Å². The minimum absolute atomic E-state index is 0.373. The van der Waals surface area contributed by atoms with Crippen LogP contribution in [0.2, 0.25) is 0 Å². The largest absolute Gasteiger partial charge is 0.275 e. The van der Waals surface area contributed by atoms with Crippen LogP contribution in [0.5, 0.6) is 0 Å². The van der Waals surface area contributed by atoms with Gasteiger partial charge in [-0.2, -0.15) is 0 Å². The molecule has 0 aromatic heterocycles. The Bertz CT molecular complexity index is 421. The predicted octanol–water partition coefficient (Wildman–Crippen LogP) is 1.90. The topological polar surface area (TPSA) is 29.5 Å². The van der Waals surface area contributed by atoms with E-state index in [9.17, 15) is 13.6 Å². The fraction of sp³-hybridized carbons (Fsp3) is 0.417. The molecular weight excluding hydrogens is 228 g/mol. The Morgan fingerprint density at radius 2 is 1.94 bits per heavy atom. The van der Waals surface area contributed by atoms with Crippen LogP contribution < -0.4 is 0 Å². The maximum Gasteiger partial charge on any atom is 0.252 e. The normalized spacial score (nSPS) is 26.7. The van der Waals surface area contributed by atoms with Gasteiger partial charge >= 0.3 is 0 Å². The number of halogens is 2. The van der Waals surface area contributed by atoms with Gasteiger partial charge in [0.2, 0.25) is 0 Å². The van der Waals surface area contributed by atoms with E-state index >= 15 is 0 Å². The van der Waals surface area contributed by atoms with Gasteiger partial charge in [0.25, 0.3) is 5.91 Å². The van der Waals surface area contributed by atoms with Crippen molar-refractivity contribution < 1.29 is 18.4 Å². The molecule has 3 atom stereocenters. The zero-order valence-electron chi connectivity index (χ0n) is 9.56. The molecule has 1 aromatic rings. The van der Waals surface area contributed by atoms with Gasteiger partial charge in [0, 0.05) is 13.0 Å². The Balaban J connectivity index is 2.10. The van der Waals surface area contributed by atoms with E-state index in [0.717, 1.165) is 5.06 Å². The second-order valence-electron chi connectivity index (χ2n) is 4.07. The van der Waals surface area contributed by atoms with Gasteiger partial charge in [-0.3, -0.25) is 9.63 Å². The monoisotopic (exact) mass is 241 g/mol. The van der Waals surface area contributed by atoms with Crippen LogP contribution in [0.4, 0.5) is 8.78 Å². The molecule has 0 aliphatic heterocycles. The van der Waals surface area contributed by atoms with Crippen molar-refractivity contribution in [3.63, 3.8) is 0 Å². The Morgan fingerprint density at radius 1 is 1.35 bits per heavy atom. The minimum atomic E-state index is -1.22. The summed E-state index contributed by atoms with van der Waals surface area (Å²) in [6, 6.07) is 5.54. The van der Waals surface area contributed by atoms with Crippen LogP contribution in [-0.4, -0.2) is 31.3 Å². The van der Waals surface area contributed by atoms with Crippen molar-refractivity contribution in [2.75, 3.05) is 14.2 Å². The first-order chi connectivity index (χ1) is 8.06. The molecule has 1 aliphatic carbocycles. The van der Waals surface area contributed by atoms with Gasteiger partial charge < -0.3 is 0 Å². The van der Waals surface area contributed by atoms with Crippen LogP contribution in [0, 0.1) is 11.7 Å². The van der Waals surface area contributed by atoms with Crippen molar-refractivity contribution in [3.05, 3.63) is 35.6 Å². The Kier molecular flexibility index (Phi) is 3.11. The highest BCUT2D eigenvalue weighted by Crippen LogP contribution is 2.51. The number of hydroxylamine groups is 2. The van der Waals surface area contributed by atoms with E-state index < -0.39 is 23.9 Å². The second kappa shape index (κ2) is 4.41. The molecule has 1 aliphatic rings. The average molecular weight is 241 g/mol. The number of hydrogen-bond acceptors (Lipinski definition) is 2. The summed E-state index contributed by atoms with van der Waals surface area (Å²) in [5.41, 5.74) is 0.641. The first-order valence-electron chi connectivity index (χ1n) is 5.27. The van der Waals surface area contributed by atoms with Crippen LogP contribution >= 0.6 is 0 Å². The quantitative estimate of drug-likeness (QED) is 0.756. The zero-order valence-corrected chi connectivity index (χ0v) is 9.56. The Labute approximate surface area is 97.9 Å². The first kappa shape index (κ1) is 12.0. The molecule has 1 amide bonds. The molecule has 1 saturated carbocycles. The SMILES string of the molecule is CON(C)C(=O)[C@H]1[C@@H](F)[C@@H]1c1ccc(F)cc1. The molecule has 0 saturated heterocycles. The molecule has 0 N–H and O–H groups in total. The van der Waals surface area contributed by atoms with Crippen LogP contribution in [-0.2, 0) is 9.63 Å². The number of benzene rings is 1. The summed E-state index contributed by atoms with van der Waals surface area (Å²) in [6.07, 6.45) is -1.22. The number of rotatable bonds is 3. The molecule has 0 unspecified atom stereocenters. The zero-order chi connectivity index (χ0) is 12.6. The number of amides is 1. The Hall–Kier alpha value is -1.49. The van der Waals surface area contributed by atoms with E-state index in [1.54, 1.807) is 0 Å². The molecule has 3 nitrogen and oxygen atoms in total. The fourth-order valence-corrected chi connectivity index (χ4v) is 1.94. The van der Waals surface area contributed by atoms with Crippen molar-refractivity contribution in [2.24, 2.45) is 5.92 Å². The number of carbonyl (C=O) groups excluding carboxylic acids is 1. The summed E-state index contributed by atoms with van der Waals surface area (Å²) >= 11 is 0. The minimum Gasteiger partial charge on any atom is -0.275 e. The smallest absolute Gasteiger partial charge is 0.252 e. The summed E-state index contributed by atoms with van der Waals surface area (Å²) in [5.74, 6) is -1.97. The van der Waals surface area contributed by atoms with E-state index in [1.807, 2.05) is 0 Å². The average Bonchev–Trinajstić information content (AvgIpc) is 3.00. The maximum absolute atomic E-state index is 13.6. The van der Waals surface area contributed by atoms with Crippen molar-refractivity contribution in [2.45, 2.75) is 12.1 Å². The number of hydrogen-bond donors (Lipinski definition) is 0. The highest BCUT2D eigenvalue weighted by molar-refractivity contribution is 5.83. The molecule has 0 spiro atoms. The number of alkyl halides is 1. The molecule has 0 heterocycles. The van der Waals surface area contributed by atoms with E-state index in [1.165, 1.54) is 38.4 Å². The summed E-state index contributed by atoms with van der Waals surface area (Å²) in [7, 11) is 2.79. The second-order valence-corrected chi connectivity index (χ2v) is 4.07. The van der Waals surface area contributed by atoms with Gasteiger partial charge in [-0.25, -0.2) is 13.8 Å². The highest BCUT2D eigenvalue weighted by atomic mass is 19.1. The molecule has 1 fully saturated rings. The molecule has 2 rings (SSSR count). The molecule has 17 heavy (non-hydrogen) atoms. The number of nitrogens with zero attached hydrogens (tertiary/aromatic N) is 1. The third kappa shape index (κ3) is 2.15. The van der Waals surface area contributed by atoms with E-state index in [2.05, 4.69) is 0 Å². The Morgan fingerprint density at radius 3 is 2.47 bits per heavy atom. The van der Waals surface area contributed by atoms with E-state index in [-0.39, 0.29) is 5.82 Å². The molecule has 0 radical (unpaired) electrons. The summed E-state index contributed by atoms with van der Waals surface area (Å²) < 4.78 is 26.3. The molecule has 0 bridgehead atoms. The van der Waals surface area contributed by atoms with Crippen molar-refractivity contribution in [1.82, 2.24) is 5.06 Å². The van der Waals surface area contributed by atoms with Crippen molar-refractivity contribution in [3.8, 4) is 0 Å². The standard InChI is InChI=1S/C12H13F2NO2/c1-15(17-2)12(16)10-9(11(10)14)7-3-5-8(13)6-4-7/h3-6,9-11H,1-2H3/t9-,10-,11+/m1/s1. The molecular formula is C12H13F2NO2. The van der Waals surface area contributed by atoms with Crippen LogP contribution in [0.1, 0.15) is 11.5 Å². The fourth-order valence-electron chi connectivity index (χ4n) is 1.94. The molecule has 5 heteroatoms. The van der Waals surface area contributed by atoms with E-state index in [4.69, 9.17) is 4.84 Å². The lowest BCUT2D eigenvalue weighted by atomic mass is 10.1. The third-order valence-corrected chi connectivity index (χ3v) is 3.06. The lowest BCUT2D eigenvalue weighted by Crippen LogP contribution is -2.27. The summed E-state index contributed by atoms with van der Waals surface area (Å²) in [5, 5.41) is 1.01. The van der Waals surface area contributed by atoms with Gasteiger partial charge in [-0.05, 0) is 17.7 Å².